The van der Waals surface area contributed by atoms with Gasteiger partial charge >= 0.3 is 5.97 Å². The summed E-state index contributed by atoms with van der Waals surface area (Å²) in [6, 6.07) is 4.14. The van der Waals surface area contributed by atoms with Crippen LogP contribution in [0.5, 0.6) is 11.5 Å². The third-order valence-corrected chi connectivity index (χ3v) is 3.60. The smallest absolute Gasteiger partial charge is 0.328 e. The van der Waals surface area contributed by atoms with Crippen molar-refractivity contribution in [2.75, 3.05) is 21.3 Å². The van der Waals surface area contributed by atoms with Gasteiger partial charge in [-0.2, -0.15) is 0 Å². The van der Waals surface area contributed by atoms with Gasteiger partial charge in [-0.3, -0.25) is 4.79 Å². The summed E-state index contributed by atoms with van der Waals surface area (Å²) < 4.78 is 15.1. The predicted octanol–water partition coefficient (Wildman–Crippen LogP) is 2.02. The minimum absolute atomic E-state index is 0.0310. The van der Waals surface area contributed by atoms with Crippen LogP contribution in [0, 0.1) is 5.92 Å². The molecular formula is C16H23NO5. The normalized spacial score (nSPS) is 13.0. The van der Waals surface area contributed by atoms with Crippen molar-refractivity contribution < 1.29 is 23.8 Å². The van der Waals surface area contributed by atoms with Crippen LogP contribution in [0.3, 0.4) is 0 Å². The number of benzene rings is 1. The van der Waals surface area contributed by atoms with Gasteiger partial charge in [0.05, 0.1) is 21.3 Å². The van der Waals surface area contributed by atoms with Gasteiger partial charge in [0.15, 0.2) is 11.5 Å². The summed E-state index contributed by atoms with van der Waals surface area (Å²) in [6.45, 7) is 3.83. The third-order valence-electron chi connectivity index (χ3n) is 3.60. The lowest BCUT2D eigenvalue weighted by Crippen LogP contribution is -2.45. The molecular weight excluding hydrogens is 286 g/mol. The molecule has 1 amide bonds. The number of hydrogen-bond acceptors (Lipinski definition) is 5. The molecule has 1 rings (SSSR count). The average molecular weight is 309 g/mol. The zero-order valence-corrected chi connectivity index (χ0v) is 13.6. The summed E-state index contributed by atoms with van der Waals surface area (Å²) in [5.41, 5.74) is 0.384. The zero-order valence-electron chi connectivity index (χ0n) is 13.6. The molecule has 6 nitrogen and oxygen atoms in total. The van der Waals surface area contributed by atoms with Crippen LogP contribution >= 0.6 is 0 Å². The fourth-order valence-corrected chi connectivity index (χ4v) is 2.00. The summed E-state index contributed by atoms with van der Waals surface area (Å²) in [5, 5.41) is 2.71. The highest BCUT2D eigenvalue weighted by Crippen LogP contribution is 2.27. The molecule has 0 aliphatic carbocycles. The van der Waals surface area contributed by atoms with E-state index in [0.717, 1.165) is 6.42 Å². The molecule has 0 heterocycles. The standard InChI is InChI=1S/C16H23NO5/c1-6-10(2)14(16(19)22-5)17-15(18)11-7-8-12(20-3)13(9-11)21-4/h7-10,14H,6H2,1-5H3,(H,17,18)/t10-,14-/m1/s1. The molecule has 0 saturated carbocycles. The number of amides is 1. The van der Waals surface area contributed by atoms with Gasteiger partial charge in [-0.15, -0.1) is 0 Å². The Morgan fingerprint density at radius 1 is 1.14 bits per heavy atom. The van der Waals surface area contributed by atoms with E-state index in [4.69, 9.17) is 14.2 Å². The van der Waals surface area contributed by atoms with E-state index in [0.29, 0.717) is 17.1 Å². The fourth-order valence-electron chi connectivity index (χ4n) is 2.00. The average Bonchev–Trinajstić information content (AvgIpc) is 2.57. The Balaban J connectivity index is 2.97. The van der Waals surface area contributed by atoms with E-state index in [1.54, 1.807) is 18.2 Å². The molecule has 0 aliphatic rings. The van der Waals surface area contributed by atoms with Crippen LogP contribution in [0.4, 0.5) is 0 Å². The van der Waals surface area contributed by atoms with Gasteiger partial charge in [-0.05, 0) is 24.1 Å². The Bertz CT molecular complexity index is 529. The zero-order chi connectivity index (χ0) is 16.7. The topological polar surface area (TPSA) is 73.9 Å². The van der Waals surface area contributed by atoms with Crippen LogP contribution in [0.2, 0.25) is 0 Å². The highest BCUT2D eigenvalue weighted by molar-refractivity contribution is 5.97. The number of ether oxygens (including phenoxy) is 3. The Morgan fingerprint density at radius 3 is 2.27 bits per heavy atom. The lowest BCUT2D eigenvalue weighted by atomic mass is 9.99. The lowest BCUT2D eigenvalue weighted by Gasteiger charge is -2.22. The molecule has 0 fully saturated rings. The Labute approximate surface area is 130 Å². The first-order valence-corrected chi connectivity index (χ1v) is 7.09. The maximum Gasteiger partial charge on any atom is 0.328 e. The van der Waals surface area contributed by atoms with E-state index >= 15 is 0 Å². The van der Waals surface area contributed by atoms with Crippen molar-refractivity contribution in [2.45, 2.75) is 26.3 Å². The highest BCUT2D eigenvalue weighted by Gasteiger charge is 2.27. The molecule has 1 aromatic rings. The molecule has 0 aliphatic heterocycles. The van der Waals surface area contributed by atoms with E-state index in [1.165, 1.54) is 21.3 Å². The van der Waals surface area contributed by atoms with Gasteiger partial charge in [0.25, 0.3) is 5.91 Å². The molecule has 0 unspecified atom stereocenters. The van der Waals surface area contributed by atoms with E-state index in [2.05, 4.69) is 5.32 Å². The van der Waals surface area contributed by atoms with Crippen molar-refractivity contribution in [3.05, 3.63) is 23.8 Å². The fraction of sp³-hybridized carbons (Fsp3) is 0.500. The molecule has 2 atom stereocenters. The summed E-state index contributed by atoms with van der Waals surface area (Å²) in [7, 11) is 4.32. The van der Waals surface area contributed by atoms with Crippen LogP contribution in [-0.2, 0) is 9.53 Å². The quantitative estimate of drug-likeness (QED) is 0.780. The Hall–Kier alpha value is -2.24. The second kappa shape index (κ2) is 8.26. The number of carbonyl (C=O) groups is 2. The molecule has 0 bridgehead atoms. The minimum Gasteiger partial charge on any atom is -0.493 e. The van der Waals surface area contributed by atoms with Crippen molar-refractivity contribution in [2.24, 2.45) is 5.92 Å². The van der Waals surface area contributed by atoms with Gasteiger partial charge in [-0.25, -0.2) is 4.79 Å². The van der Waals surface area contributed by atoms with Crippen molar-refractivity contribution in [3.63, 3.8) is 0 Å². The van der Waals surface area contributed by atoms with Gasteiger partial charge in [0.1, 0.15) is 6.04 Å². The van der Waals surface area contributed by atoms with Crippen molar-refractivity contribution >= 4 is 11.9 Å². The molecule has 1 N–H and O–H groups in total. The van der Waals surface area contributed by atoms with Crippen LogP contribution in [0.1, 0.15) is 30.6 Å². The van der Waals surface area contributed by atoms with Gasteiger partial charge in [0, 0.05) is 5.56 Å². The van der Waals surface area contributed by atoms with Crippen LogP contribution in [-0.4, -0.2) is 39.2 Å². The third kappa shape index (κ3) is 4.13. The molecule has 0 radical (unpaired) electrons. The molecule has 0 saturated heterocycles. The maximum atomic E-state index is 12.3. The van der Waals surface area contributed by atoms with E-state index < -0.39 is 12.0 Å². The van der Waals surface area contributed by atoms with Crippen LogP contribution in [0.15, 0.2) is 18.2 Å². The first-order chi connectivity index (χ1) is 10.5. The summed E-state index contributed by atoms with van der Waals surface area (Å²) in [4.78, 5) is 24.2. The van der Waals surface area contributed by atoms with Crippen molar-refractivity contribution in [1.29, 1.82) is 0 Å². The van der Waals surface area contributed by atoms with Crippen LogP contribution in [0.25, 0.3) is 0 Å². The van der Waals surface area contributed by atoms with Gasteiger partial charge in [0.2, 0.25) is 0 Å². The number of nitrogens with one attached hydrogen (secondary N) is 1. The molecule has 0 aromatic heterocycles. The van der Waals surface area contributed by atoms with Crippen molar-refractivity contribution in [1.82, 2.24) is 5.32 Å². The van der Waals surface area contributed by atoms with E-state index in [9.17, 15) is 9.59 Å². The van der Waals surface area contributed by atoms with E-state index in [1.807, 2.05) is 13.8 Å². The summed E-state index contributed by atoms with van der Waals surface area (Å²) in [5.74, 6) is 0.134. The second-order valence-electron chi connectivity index (χ2n) is 4.93. The van der Waals surface area contributed by atoms with Crippen LogP contribution < -0.4 is 14.8 Å². The van der Waals surface area contributed by atoms with Gasteiger partial charge < -0.3 is 19.5 Å². The maximum absolute atomic E-state index is 12.3. The monoisotopic (exact) mass is 309 g/mol. The molecule has 6 heteroatoms. The number of rotatable bonds is 7. The predicted molar refractivity (Wildman–Crippen MR) is 82.3 cm³/mol. The Kier molecular flexibility index (Phi) is 6.69. The molecule has 0 spiro atoms. The largest absolute Gasteiger partial charge is 0.493 e. The van der Waals surface area contributed by atoms with Crippen molar-refractivity contribution in [3.8, 4) is 11.5 Å². The number of methoxy groups -OCH3 is 3. The molecule has 122 valence electrons. The SMILES string of the molecule is CC[C@@H](C)[C@@H](NC(=O)c1ccc(OC)c(OC)c1)C(=O)OC. The first kappa shape index (κ1) is 17.8. The summed E-state index contributed by atoms with van der Waals surface area (Å²) in [6.07, 6.45) is 0.742. The minimum atomic E-state index is -0.685. The number of carbonyl (C=O) groups excluding carboxylic acids is 2. The second-order valence-corrected chi connectivity index (χ2v) is 4.93. The molecule has 1 aromatic carbocycles. The number of esters is 1. The van der Waals surface area contributed by atoms with Gasteiger partial charge in [-0.1, -0.05) is 20.3 Å². The lowest BCUT2D eigenvalue weighted by molar-refractivity contribution is -0.144. The highest BCUT2D eigenvalue weighted by atomic mass is 16.5. The Morgan fingerprint density at radius 2 is 1.77 bits per heavy atom. The summed E-state index contributed by atoms with van der Waals surface area (Å²) >= 11 is 0. The van der Waals surface area contributed by atoms with E-state index in [-0.39, 0.29) is 11.8 Å². The first-order valence-electron chi connectivity index (χ1n) is 7.09. The molecule has 22 heavy (non-hydrogen) atoms. The number of hydrogen-bond donors (Lipinski definition) is 1.